The van der Waals surface area contributed by atoms with Gasteiger partial charge in [-0.1, -0.05) is 29.3 Å². The molecule has 0 aliphatic carbocycles. The van der Waals surface area contributed by atoms with Crippen LogP contribution in [0.2, 0.25) is 10.0 Å². The number of benzene rings is 1. The van der Waals surface area contributed by atoms with Gasteiger partial charge in [0, 0.05) is 23.9 Å². The second-order valence-corrected chi connectivity index (χ2v) is 7.29. The number of hydrogen-bond donors (Lipinski definition) is 2. The third-order valence-corrected chi connectivity index (χ3v) is 5.31. The monoisotopic (exact) mass is 451 g/mol. The number of aromatic carboxylic acids is 1. The molecular formula is C19H17Cl2N4O5-. The van der Waals surface area contributed by atoms with Crippen LogP contribution in [-0.2, 0) is 13.1 Å². The number of pyridine rings is 1. The number of halogens is 2. The molecule has 2 aromatic heterocycles. The third kappa shape index (κ3) is 4.05. The third-order valence-electron chi connectivity index (χ3n) is 4.57. The van der Waals surface area contributed by atoms with Gasteiger partial charge in [0.25, 0.3) is 0 Å². The molecule has 0 fully saturated rings. The highest BCUT2D eigenvalue weighted by Crippen LogP contribution is 2.31. The minimum atomic E-state index is -1.37. The molecule has 158 valence electrons. The molecule has 11 heteroatoms. The summed E-state index contributed by atoms with van der Waals surface area (Å²) in [6.45, 7) is 3.75. The zero-order valence-electron chi connectivity index (χ0n) is 16.0. The molecule has 0 aliphatic heterocycles. The summed E-state index contributed by atoms with van der Waals surface area (Å²) >= 11 is 12.1. The van der Waals surface area contributed by atoms with Gasteiger partial charge in [0.1, 0.15) is 5.56 Å². The predicted octanol–water partition coefficient (Wildman–Crippen LogP) is 3.79. The molecule has 2 heterocycles. The van der Waals surface area contributed by atoms with Crippen molar-refractivity contribution in [3.8, 4) is 11.3 Å². The van der Waals surface area contributed by atoms with Crippen molar-refractivity contribution in [2.45, 2.75) is 26.9 Å². The fourth-order valence-electron chi connectivity index (χ4n) is 3.28. The van der Waals surface area contributed by atoms with Gasteiger partial charge in [0.05, 0.1) is 39.9 Å². The lowest BCUT2D eigenvalue weighted by Crippen LogP contribution is -2.24. The van der Waals surface area contributed by atoms with Gasteiger partial charge in [-0.05, 0) is 26.0 Å². The van der Waals surface area contributed by atoms with Crippen molar-refractivity contribution in [3.05, 3.63) is 72.9 Å². The van der Waals surface area contributed by atoms with E-state index in [-0.39, 0.29) is 28.2 Å². The fourth-order valence-corrected chi connectivity index (χ4v) is 3.58. The molecule has 0 amide bonds. The molecule has 9 nitrogen and oxygen atoms in total. The SMILES string of the molecule is CCn1c(Cn2cc(N([O-])O)c(C)n2)cc(=O)c(C(=O)O)c1-c1ccc(Cl)c(Cl)c1. The average Bonchev–Trinajstić information content (AvgIpc) is 3.03. The number of rotatable bonds is 6. The van der Waals surface area contributed by atoms with Gasteiger partial charge in [-0.15, -0.1) is 0 Å². The van der Waals surface area contributed by atoms with Gasteiger partial charge in [-0.3, -0.25) is 14.7 Å². The quantitative estimate of drug-likeness (QED) is 0.546. The van der Waals surface area contributed by atoms with Crippen LogP contribution in [0.3, 0.4) is 0 Å². The van der Waals surface area contributed by atoms with Crippen LogP contribution in [-0.4, -0.2) is 30.6 Å². The summed E-state index contributed by atoms with van der Waals surface area (Å²) in [5.74, 6) is -1.37. The van der Waals surface area contributed by atoms with E-state index in [4.69, 9.17) is 28.4 Å². The predicted molar refractivity (Wildman–Crippen MR) is 112 cm³/mol. The van der Waals surface area contributed by atoms with E-state index in [1.165, 1.54) is 29.1 Å². The van der Waals surface area contributed by atoms with Crippen LogP contribution < -0.4 is 10.7 Å². The molecule has 0 bridgehead atoms. The van der Waals surface area contributed by atoms with E-state index in [1.807, 2.05) is 0 Å². The highest BCUT2D eigenvalue weighted by atomic mass is 35.5. The summed E-state index contributed by atoms with van der Waals surface area (Å²) in [4.78, 5) is 24.6. The van der Waals surface area contributed by atoms with Crippen molar-refractivity contribution in [2.75, 3.05) is 5.23 Å². The number of carbonyl (C=O) groups is 1. The maximum absolute atomic E-state index is 12.7. The highest BCUT2D eigenvalue weighted by Gasteiger charge is 2.22. The van der Waals surface area contributed by atoms with Crippen molar-refractivity contribution in [3.63, 3.8) is 0 Å². The Bertz CT molecular complexity index is 1190. The van der Waals surface area contributed by atoms with Crippen LogP contribution >= 0.6 is 23.2 Å². The van der Waals surface area contributed by atoms with Gasteiger partial charge in [-0.25, -0.2) is 4.79 Å². The Labute approximate surface area is 180 Å². The lowest BCUT2D eigenvalue weighted by molar-refractivity contribution is 0.0695. The standard InChI is InChI=1S/C19H17Cl2N4O5/c1-3-24-12(8-23-9-15(25(29)30)10(2)22-23)7-16(26)17(19(27)28)18(24)11-4-5-13(20)14(21)6-11/h4-7,9,29H,3,8H2,1-2H3,(H,27,28)/q-1. The first-order valence-corrected chi connectivity index (χ1v) is 9.55. The maximum Gasteiger partial charge on any atom is 0.341 e. The average molecular weight is 452 g/mol. The first-order chi connectivity index (χ1) is 14.1. The largest absolute Gasteiger partial charge is 0.733 e. The Kier molecular flexibility index (Phi) is 6.18. The minimum Gasteiger partial charge on any atom is -0.733 e. The molecule has 0 aliphatic rings. The van der Waals surface area contributed by atoms with E-state index in [0.29, 0.717) is 28.5 Å². The summed E-state index contributed by atoms with van der Waals surface area (Å²) in [6.07, 6.45) is 1.33. The van der Waals surface area contributed by atoms with Gasteiger partial charge in [-0.2, -0.15) is 5.10 Å². The van der Waals surface area contributed by atoms with Gasteiger partial charge in [0.15, 0.2) is 5.43 Å². The zero-order chi connectivity index (χ0) is 22.2. The van der Waals surface area contributed by atoms with Crippen LogP contribution in [0.15, 0.2) is 35.3 Å². The number of carboxylic acids is 1. The molecule has 2 N–H and O–H groups in total. The Morgan fingerprint density at radius 2 is 1.97 bits per heavy atom. The van der Waals surface area contributed by atoms with Crippen molar-refractivity contribution < 1.29 is 15.1 Å². The molecule has 0 atom stereocenters. The molecule has 0 unspecified atom stereocenters. The summed E-state index contributed by atoms with van der Waals surface area (Å²) in [5.41, 5.74) is 0.247. The van der Waals surface area contributed by atoms with Crippen molar-refractivity contribution in [2.24, 2.45) is 0 Å². The number of anilines is 1. The molecule has 3 rings (SSSR count). The normalized spacial score (nSPS) is 11.0. The van der Waals surface area contributed by atoms with E-state index < -0.39 is 17.0 Å². The first-order valence-electron chi connectivity index (χ1n) is 8.79. The van der Waals surface area contributed by atoms with Crippen LogP contribution in [0.4, 0.5) is 5.69 Å². The number of hydrogen-bond acceptors (Lipinski definition) is 6. The van der Waals surface area contributed by atoms with Crippen molar-refractivity contribution in [1.82, 2.24) is 14.3 Å². The molecule has 0 saturated carbocycles. The first kappa shape index (κ1) is 21.8. The number of aryl methyl sites for hydroxylation is 1. The number of carboxylic acid groups (broad SMARTS) is 1. The molecule has 0 saturated heterocycles. The lowest BCUT2D eigenvalue weighted by atomic mass is 10.0. The second-order valence-electron chi connectivity index (χ2n) is 6.47. The molecule has 30 heavy (non-hydrogen) atoms. The lowest BCUT2D eigenvalue weighted by Gasteiger charge is -2.20. The zero-order valence-corrected chi connectivity index (χ0v) is 17.5. The summed E-state index contributed by atoms with van der Waals surface area (Å²) < 4.78 is 3.04. The number of nitrogens with zero attached hydrogens (tertiary/aromatic N) is 4. The van der Waals surface area contributed by atoms with Crippen LogP contribution in [0, 0.1) is 12.1 Å². The minimum absolute atomic E-state index is 0.0349. The van der Waals surface area contributed by atoms with Gasteiger partial charge in [0.2, 0.25) is 0 Å². The Hall–Kier alpha value is -2.85. The summed E-state index contributed by atoms with van der Waals surface area (Å²) in [5, 5.41) is 34.4. The number of aromatic nitrogens is 3. The van der Waals surface area contributed by atoms with Crippen LogP contribution in [0.1, 0.15) is 28.7 Å². The Morgan fingerprint density at radius 3 is 2.50 bits per heavy atom. The molecule has 1 aromatic carbocycles. The van der Waals surface area contributed by atoms with Gasteiger partial charge < -0.3 is 20.1 Å². The molecule has 3 aromatic rings. The maximum atomic E-state index is 12.7. The van der Waals surface area contributed by atoms with Crippen molar-refractivity contribution >= 4 is 34.9 Å². The molecule has 0 radical (unpaired) electrons. The van der Waals surface area contributed by atoms with E-state index in [2.05, 4.69) is 5.10 Å². The second kappa shape index (κ2) is 8.49. The van der Waals surface area contributed by atoms with E-state index in [1.54, 1.807) is 24.5 Å². The highest BCUT2D eigenvalue weighted by molar-refractivity contribution is 6.42. The van der Waals surface area contributed by atoms with E-state index in [0.717, 1.165) is 0 Å². The Balaban J connectivity index is 2.24. The van der Waals surface area contributed by atoms with Crippen LogP contribution in [0.5, 0.6) is 0 Å². The summed E-state index contributed by atoms with van der Waals surface area (Å²) in [7, 11) is 0. The topological polar surface area (TPSA) is 124 Å². The van der Waals surface area contributed by atoms with E-state index in [9.17, 15) is 19.9 Å². The fraction of sp³-hybridized carbons (Fsp3) is 0.211. The van der Waals surface area contributed by atoms with Crippen LogP contribution in [0.25, 0.3) is 11.3 Å². The van der Waals surface area contributed by atoms with E-state index >= 15 is 0 Å². The Morgan fingerprint density at radius 1 is 1.27 bits per heavy atom. The smallest absolute Gasteiger partial charge is 0.341 e. The molecular weight excluding hydrogens is 435 g/mol. The summed E-state index contributed by atoms with van der Waals surface area (Å²) in [6, 6.07) is 5.83. The van der Waals surface area contributed by atoms with Gasteiger partial charge >= 0.3 is 5.97 Å². The van der Waals surface area contributed by atoms with Crippen molar-refractivity contribution in [1.29, 1.82) is 0 Å². The molecule has 0 spiro atoms.